The molecule has 0 N–H and O–H groups in total. The summed E-state index contributed by atoms with van der Waals surface area (Å²) in [6.45, 7) is 6.23. The van der Waals surface area contributed by atoms with Crippen LogP contribution in [0.2, 0.25) is 10.3 Å². The molecule has 0 aromatic carbocycles. The van der Waals surface area contributed by atoms with Crippen LogP contribution in [0.25, 0.3) is 0 Å². The molecule has 0 bridgehead atoms. The summed E-state index contributed by atoms with van der Waals surface area (Å²) in [5, 5.41) is 0.723. The number of morpholine rings is 1. The van der Waals surface area contributed by atoms with Crippen LogP contribution < -0.4 is 4.90 Å². The van der Waals surface area contributed by atoms with Crippen molar-refractivity contribution < 1.29 is 4.74 Å². The molecule has 2 heterocycles. The van der Waals surface area contributed by atoms with Gasteiger partial charge in [-0.3, -0.25) is 0 Å². The van der Waals surface area contributed by atoms with Crippen molar-refractivity contribution in [1.82, 2.24) is 9.97 Å². The third kappa shape index (κ3) is 2.24. The van der Waals surface area contributed by atoms with Crippen LogP contribution in [0.4, 0.5) is 5.82 Å². The molecule has 0 atom stereocenters. The minimum absolute atomic E-state index is 0.139. The van der Waals surface area contributed by atoms with E-state index in [9.17, 15) is 0 Å². The second-order valence-corrected chi connectivity index (χ2v) is 5.07. The van der Waals surface area contributed by atoms with Gasteiger partial charge >= 0.3 is 0 Å². The highest BCUT2D eigenvalue weighted by Crippen LogP contribution is 2.31. The molecule has 1 aliphatic heterocycles. The summed E-state index contributed by atoms with van der Waals surface area (Å²) in [5.41, 5.74) is -0.139. The maximum absolute atomic E-state index is 6.09. The molecule has 1 aromatic heterocycles. The van der Waals surface area contributed by atoms with E-state index in [4.69, 9.17) is 27.9 Å². The summed E-state index contributed by atoms with van der Waals surface area (Å²) in [4.78, 5) is 10.1. The summed E-state index contributed by atoms with van der Waals surface area (Å²) in [6.07, 6.45) is 1.53. The number of hydrogen-bond acceptors (Lipinski definition) is 4. The molecule has 88 valence electrons. The first-order chi connectivity index (χ1) is 7.50. The Morgan fingerprint density at radius 1 is 1.44 bits per heavy atom. The zero-order valence-corrected chi connectivity index (χ0v) is 10.7. The highest BCUT2D eigenvalue weighted by molar-refractivity contribution is 6.33. The SMILES string of the molecule is CC1(C)COCCN1c1nc(Cl)ncc1Cl. The zero-order valence-electron chi connectivity index (χ0n) is 9.20. The van der Waals surface area contributed by atoms with Gasteiger partial charge in [0.2, 0.25) is 5.28 Å². The van der Waals surface area contributed by atoms with Crippen LogP contribution >= 0.6 is 23.2 Å². The predicted octanol–water partition coefficient (Wildman–Crippen LogP) is 2.40. The van der Waals surface area contributed by atoms with Gasteiger partial charge in [-0.1, -0.05) is 11.6 Å². The lowest BCUT2D eigenvalue weighted by atomic mass is 10.0. The molecule has 0 spiro atoms. The van der Waals surface area contributed by atoms with E-state index < -0.39 is 0 Å². The van der Waals surface area contributed by atoms with Crippen molar-refractivity contribution in [3.63, 3.8) is 0 Å². The fourth-order valence-corrected chi connectivity index (χ4v) is 2.10. The molecular weight excluding hydrogens is 249 g/mol. The average molecular weight is 262 g/mol. The zero-order chi connectivity index (χ0) is 11.8. The Hall–Kier alpha value is -0.580. The van der Waals surface area contributed by atoms with E-state index in [1.54, 1.807) is 0 Å². The van der Waals surface area contributed by atoms with E-state index in [1.807, 2.05) is 0 Å². The topological polar surface area (TPSA) is 38.2 Å². The first-order valence-electron chi connectivity index (χ1n) is 5.04. The molecule has 0 radical (unpaired) electrons. The number of rotatable bonds is 1. The van der Waals surface area contributed by atoms with Gasteiger partial charge in [0, 0.05) is 6.54 Å². The van der Waals surface area contributed by atoms with Crippen LogP contribution in [0.1, 0.15) is 13.8 Å². The Kier molecular flexibility index (Phi) is 3.24. The van der Waals surface area contributed by atoms with E-state index >= 15 is 0 Å². The van der Waals surface area contributed by atoms with Gasteiger partial charge in [-0.2, -0.15) is 4.98 Å². The quantitative estimate of drug-likeness (QED) is 0.728. The molecular formula is C10H13Cl2N3O. The number of hydrogen-bond donors (Lipinski definition) is 0. The smallest absolute Gasteiger partial charge is 0.224 e. The summed E-state index contributed by atoms with van der Waals surface area (Å²) >= 11 is 11.9. The van der Waals surface area contributed by atoms with Gasteiger partial charge in [-0.25, -0.2) is 4.98 Å². The number of ether oxygens (including phenoxy) is 1. The van der Waals surface area contributed by atoms with Crippen LogP contribution in [0.3, 0.4) is 0 Å². The Bertz CT molecular complexity index is 398. The summed E-state index contributed by atoms with van der Waals surface area (Å²) in [6, 6.07) is 0. The second kappa shape index (κ2) is 4.35. The minimum atomic E-state index is -0.139. The average Bonchev–Trinajstić information content (AvgIpc) is 2.22. The number of aromatic nitrogens is 2. The maximum atomic E-state index is 6.09. The Balaban J connectivity index is 2.38. The second-order valence-electron chi connectivity index (χ2n) is 4.33. The van der Waals surface area contributed by atoms with Gasteiger partial charge in [0.05, 0.1) is 24.9 Å². The maximum Gasteiger partial charge on any atom is 0.224 e. The monoisotopic (exact) mass is 261 g/mol. The van der Waals surface area contributed by atoms with Crippen molar-refractivity contribution in [3.05, 3.63) is 16.5 Å². The lowest BCUT2D eigenvalue weighted by Gasteiger charge is -2.43. The van der Waals surface area contributed by atoms with Crippen molar-refractivity contribution in [2.75, 3.05) is 24.7 Å². The molecule has 1 aromatic rings. The highest BCUT2D eigenvalue weighted by Gasteiger charge is 2.32. The van der Waals surface area contributed by atoms with E-state index in [2.05, 4.69) is 28.7 Å². The third-order valence-corrected chi connectivity index (χ3v) is 3.05. The van der Waals surface area contributed by atoms with Crippen LogP contribution in [0.5, 0.6) is 0 Å². The van der Waals surface area contributed by atoms with Crippen molar-refractivity contribution in [1.29, 1.82) is 0 Å². The molecule has 1 fully saturated rings. The van der Waals surface area contributed by atoms with Gasteiger partial charge in [0.1, 0.15) is 5.02 Å². The predicted molar refractivity (Wildman–Crippen MR) is 64.3 cm³/mol. The van der Waals surface area contributed by atoms with E-state index in [0.717, 1.165) is 6.54 Å². The largest absolute Gasteiger partial charge is 0.377 e. The Labute approximate surface area is 105 Å². The molecule has 2 rings (SSSR count). The molecule has 1 aliphatic rings. The van der Waals surface area contributed by atoms with Crippen molar-refractivity contribution in [2.45, 2.75) is 19.4 Å². The van der Waals surface area contributed by atoms with E-state index in [0.29, 0.717) is 24.1 Å². The first kappa shape index (κ1) is 11.9. The fraction of sp³-hybridized carbons (Fsp3) is 0.600. The number of halogens is 2. The summed E-state index contributed by atoms with van der Waals surface area (Å²) in [7, 11) is 0. The number of anilines is 1. The molecule has 6 heteroatoms. The van der Waals surface area contributed by atoms with Gasteiger partial charge in [-0.15, -0.1) is 0 Å². The standard InChI is InChI=1S/C10H13Cl2N3O/c1-10(2)6-16-4-3-15(10)8-7(11)5-13-9(12)14-8/h5H,3-4,6H2,1-2H3. The lowest BCUT2D eigenvalue weighted by Crippen LogP contribution is -2.53. The summed E-state index contributed by atoms with van der Waals surface area (Å²) in [5.74, 6) is 0.676. The molecule has 0 saturated carbocycles. The molecule has 4 nitrogen and oxygen atoms in total. The molecule has 1 saturated heterocycles. The van der Waals surface area contributed by atoms with Gasteiger partial charge in [-0.05, 0) is 25.4 Å². The normalized spacial score (nSPS) is 19.9. The fourth-order valence-electron chi connectivity index (χ4n) is 1.78. The Morgan fingerprint density at radius 3 is 2.88 bits per heavy atom. The van der Waals surface area contributed by atoms with Gasteiger partial charge in [0.25, 0.3) is 0 Å². The molecule has 16 heavy (non-hydrogen) atoms. The highest BCUT2D eigenvalue weighted by atomic mass is 35.5. The van der Waals surface area contributed by atoms with Crippen LogP contribution in [-0.2, 0) is 4.74 Å². The summed E-state index contributed by atoms with van der Waals surface area (Å²) < 4.78 is 5.45. The first-order valence-corrected chi connectivity index (χ1v) is 5.80. The molecule has 0 aliphatic carbocycles. The van der Waals surface area contributed by atoms with Gasteiger partial charge < -0.3 is 9.64 Å². The Morgan fingerprint density at radius 2 is 2.19 bits per heavy atom. The van der Waals surface area contributed by atoms with Crippen LogP contribution in [0.15, 0.2) is 6.20 Å². The van der Waals surface area contributed by atoms with Crippen molar-refractivity contribution >= 4 is 29.0 Å². The molecule has 0 unspecified atom stereocenters. The van der Waals surface area contributed by atoms with Crippen molar-refractivity contribution in [2.24, 2.45) is 0 Å². The van der Waals surface area contributed by atoms with Gasteiger partial charge in [0.15, 0.2) is 5.82 Å². The van der Waals surface area contributed by atoms with Crippen LogP contribution in [-0.4, -0.2) is 35.3 Å². The van der Waals surface area contributed by atoms with Crippen LogP contribution in [0, 0.1) is 0 Å². The molecule has 0 amide bonds. The van der Waals surface area contributed by atoms with E-state index in [-0.39, 0.29) is 10.8 Å². The lowest BCUT2D eigenvalue weighted by molar-refractivity contribution is 0.0639. The van der Waals surface area contributed by atoms with Crippen molar-refractivity contribution in [3.8, 4) is 0 Å². The van der Waals surface area contributed by atoms with E-state index in [1.165, 1.54) is 6.20 Å². The number of nitrogens with zero attached hydrogens (tertiary/aromatic N) is 3. The third-order valence-electron chi connectivity index (χ3n) is 2.60. The minimum Gasteiger partial charge on any atom is -0.377 e.